The first kappa shape index (κ1) is 26.4. The van der Waals surface area contributed by atoms with Gasteiger partial charge in [0.2, 0.25) is 5.89 Å². The molecule has 0 amide bonds. The van der Waals surface area contributed by atoms with Crippen LogP contribution in [0.1, 0.15) is 0 Å². The summed E-state index contributed by atoms with van der Waals surface area (Å²) < 4.78 is 6.10. The lowest BCUT2D eigenvalue weighted by atomic mass is 9.99. The summed E-state index contributed by atoms with van der Waals surface area (Å²) in [6.45, 7) is 0. The van der Waals surface area contributed by atoms with Gasteiger partial charge in [-0.05, 0) is 46.5 Å². The van der Waals surface area contributed by atoms with Crippen LogP contribution in [0.15, 0.2) is 162 Å². The third-order valence-corrected chi connectivity index (χ3v) is 7.80. The van der Waals surface area contributed by atoms with Crippen molar-refractivity contribution in [1.29, 1.82) is 0 Å². The Hall–Kier alpha value is -6.20. The van der Waals surface area contributed by atoms with Crippen molar-refractivity contribution in [1.82, 2.24) is 19.9 Å². The summed E-state index contributed by atoms with van der Waals surface area (Å²) in [5, 5.41) is 0. The molecule has 0 aliphatic rings. The number of aromatic nitrogens is 4. The number of hydrogen-bond donors (Lipinski definition) is 0. The van der Waals surface area contributed by atoms with Crippen molar-refractivity contribution in [3.63, 3.8) is 0 Å². The zero-order valence-corrected chi connectivity index (χ0v) is 24.2. The molecule has 5 heteroatoms. The maximum absolute atomic E-state index is 6.10. The number of fused-ring (bicyclic) bond motifs is 1. The minimum atomic E-state index is 0.631. The lowest BCUT2D eigenvalue weighted by Gasteiger charge is -2.09. The second-order valence-electron chi connectivity index (χ2n) is 10.8. The third-order valence-electron chi connectivity index (χ3n) is 7.80. The van der Waals surface area contributed by atoms with Gasteiger partial charge in [-0.3, -0.25) is 0 Å². The van der Waals surface area contributed by atoms with Crippen LogP contribution in [0.3, 0.4) is 0 Å². The van der Waals surface area contributed by atoms with E-state index in [1.165, 1.54) is 0 Å². The molecule has 0 saturated carbocycles. The van der Waals surface area contributed by atoms with Crippen LogP contribution in [0, 0.1) is 0 Å². The molecule has 0 fully saturated rings. The van der Waals surface area contributed by atoms with Gasteiger partial charge in [0.05, 0.1) is 0 Å². The Morgan fingerprint density at radius 2 is 0.689 bits per heavy atom. The number of rotatable bonds is 6. The predicted octanol–water partition coefficient (Wildman–Crippen LogP) is 10.0. The molecule has 5 nitrogen and oxygen atoms in total. The molecule has 0 aliphatic heterocycles. The molecule has 45 heavy (non-hydrogen) atoms. The maximum Gasteiger partial charge on any atom is 0.227 e. The van der Waals surface area contributed by atoms with Crippen molar-refractivity contribution in [2.75, 3.05) is 0 Å². The average molecular weight is 579 g/mol. The fraction of sp³-hybridized carbons (Fsp3) is 0. The van der Waals surface area contributed by atoms with E-state index < -0.39 is 0 Å². The molecule has 6 aromatic carbocycles. The van der Waals surface area contributed by atoms with Crippen LogP contribution in [-0.4, -0.2) is 19.9 Å². The van der Waals surface area contributed by atoms with Gasteiger partial charge in [0, 0.05) is 22.3 Å². The second kappa shape index (κ2) is 11.5. The monoisotopic (exact) mass is 578 g/mol. The summed E-state index contributed by atoms with van der Waals surface area (Å²) in [6, 6.07) is 53.1. The maximum atomic E-state index is 6.10. The molecule has 0 atom stereocenters. The Balaban J connectivity index is 1.07. The van der Waals surface area contributed by atoms with E-state index in [9.17, 15) is 0 Å². The van der Waals surface area contributed by atoms with Gasteiger partial charge in [-0.15, -0.1) is 0 Å². The lowest BCUT2D eigenvalue weighted by molar-refractivity contribution is 0.620. The minimum Gasteiger partial charge on any atom is -0.436 e. The Labute approximate surface area is 260 Å². The molecule has 0 N–H and O–H groups in total. The highest BCUT2D eigenvalue weighted by molar-refractivity contribution is 5.83. The Morgan fingerprint density at radius 3 is 1.18 bits per heavy atom. The van der Waals surface area contributed by atoms with Crippen molar-refractivity contribution in [3.8, 4) is 67.9 Å². The van der Waals surface area contributed by atoms with Crippen LogP contribution < -0.4 is 0 Å². The van der Waals surface area contributed by atoms with Gasteiger partial charge >= 0.3 is 0 Å². The van der Waals surface area contributed by atoms with Crippen LogP contribution in [0.4, 0.5) is 0 Å². The lowest BCUT2D eigenvalue weighted by Crippen LogP contribution is -2.00. The normalized spacial score (nSPS) is 11.1. The molecule has 0 radical (unpaired) electrons. The zero-order chi connectivity index (χ0) is 30.0. The SMILES string of the molecule is c1ccc(-c2nc(-c3ccccc3)nc(-c3ccc(-c4ccc(-c5ccc6nc(-c7ccccc7)oc6c5)cc4)cc3)n2)cc1. The molecule has 0 spiro atoms. The Kier molecular flexibility index (Phi) is 6.74. The average Bonchev–Trinajstić information content (AvgIpc) is 3.57. The number of hydrogen-bond acceptors (Lipinski definition) is 5. The van der Waals surface area contributed by atoms with Crippen molar-refractivity contribution < 1.29 is 4.42 Å². The largest absolute Gasteiger partial charge is 0.436 e. The highest BCUT2D eigenvalue weighted by atomic mass is 16.3. The molecule has 8 rings (SSSR count). The van der Waals surface area contributed by atoms with Crippen LogP contribution in [0.25, 0.3) is 79.0 Å². The molecular weight excluding hydrogens is 552 g/mol. The quantitative estimate of drug-likeness (QED) is 0.196. The van der Waals surface area contributed by atoms with E-state index in [4.69, 9.17) is 19.4 Å². The second-order valence-corrected chi connectivity index (χ2v) is 10.8. The van der Waals surface area contributed by atoms with Crippen LogP contribution in [-0.2, 0) is 0 Å². The van der Waals surface area contributed by atoms with E-state index in [-0.39, 0.29) is 0 Å². The first-order chi connectivity index (χ1) is 22.3. The van der Waals surface area contributed by atoms with Crippen LogP contribution in [0.2, 0.25) is 0 Å². The summed E-state index contributed by atoms with van der Waals surface area (Å²) >= 11 is 0. The van der Waals surface area contributed by atoms with Crippen LogP contribution in [0.5, 0.6) is 0 Å². The molecule has 0 aliphatic carbocycles. The van der Waals surface area contributed by atoms with Crippen molar-refractivity contribution in [2.24, 2.45) is 0 Å². The van der Waals surface area contributed by atoms with Gasteiger partial charge in [-0.1, -0.05) is 133 Å². The molecule has 8 aromatic rings. The van der Waals surface area contributed by atoms with E-state index in [0.717, 1.165) is 55.6 Å². The first-order valence-electron chi connectivity index (χ1n) is 14.8. The molecule has 2 aromatic heterocycles. The highest BCUT2D eigenvalue weighted by Crippen LogP contribution is 2.31. The number of nitrogens with zero attached hydrogens (tertiary/aromatic N) is 4. The van der Waals surface area contributed by atoms with E-state index in [0.29, 0.717) is 23.4 Å². The van der Waals surface area contributed by atoms with Crippen molar-refractivity contribution in [3.05, 3.63) is 158 Å². The van der Waals surface area contributed by atoms with Gasteiger partial charge in [0.15, 0.2) is 23.1 Å². The number of oxazole rings is 1. The van der Waals surface area contributed by atoms with E-state index in [1.54, 1.807) is 0 Å². The predicted molar refractivity (Wildman–Crippen MR) is 180 cm³/mol. The summed E-state index contributed by atoms with van der Waals surface area (Å²) in [4.78, 5) is 19.2. The fourth-order valence-corrected chi connectivity index (χ4v) is 5.41. The molecule has 0 unspecified atom stereocenters. The standard InChI is InChI=1S/C40H26N4O/c1-4-10-30(11-5-1)37-42-38(31-12-6-2-7-13-31)44-39(43-37)32-22-20-28(21-23-32)27-16-18-29(19-17-27)34-24-25-35-36(26-34)45-40(41-35)33-14-8-3-9-15-33/h1-26H. The highest BCUT2D eigenvalue weighted by Gasteiger charge is 2.13. The summed E-state index contributed by atoms with van der Waals surface area (Å²) in [5.41, 5.74) is 9.86. The first-order valence-corrected chi connectivity index (χ1v) is 14.8. The molecular formula is C40H26N4O. The molecule has 212 valence electrons. The minimum absolute atomic E-state index is 0.631. The van der Waals surface area contributed by atoms with Crippen molar-refractivity contribution in [2.45, 2.75) is 0 Å². The Morgan fingerprint density at radius 1 is 0.311 bits per heavy atom. The Bertz CT molecular complexity index is 2170. The molecule has 0 bridgehead atoms. The van der Waals surface area contributed by atoms with Gasteiger partial charge in [-0.25, -0.2) is 19.9 Å². The number of benzene rings is 6. The van der Waals surface area contributed by atoms with Crippen LogP contribution >= 0.6 is 0 Å². The van der Waals surface area contributed by atoms with Gasteiger partial charge in [-0.2, -0.15) is 0 Å². The third kappa shape index (κ3) is 5.39. The summed E-state index contributed by atoms with van der Waals surface area (Å²) in [6.07, 6.45) is 0. The van der Waals surface area contributed by atoms with E-state index >= 15 is 0 Å². The smallest absolute Gasteiger partial charge is 0.227 e. The molecule has 0 saturated heterocycles. The summed E-state index contributed by atoms with van der Waals surface area (Å²) in [5.74, 6) is 2.58. The van der Waals surface area contributed by atoms with E-state index in [1.807, 2.05) is 97.1 Å². The topological polar surface area (TPSA) is 64.7 Å². The van der Waals surface area contributed by atoms with E-state index in [2.05, 4.69) is 65.6 Å². The summed E-state index contributed by atoms with van der Waals surface area (Å²) in [7, 11) is 0. The van der Waals surface area contributed by atoms with Gasteiger partial charge < -0.3 is 4.42 Å². The fourth-order valence-electron chi connectivity index (χ4n) is 5.41. The molecule has 2 heterocycles. The zero-order valence-electron chi connectivity index (χ0n) is 24.2. The van der Waals surface area contributed by atoms with Gasteiger partial charge in [0.25, 0.3) is 0 Å². The van der Waals surface area contributed by atoms with Gasteiger partial charge in [0.1, 0.15) is 5.52 Å². The van der Waals surface area contributed by atoms with Crippen molar-refractivity contribution >= 4 is 11.1 Å².